The molecule has 2 heterocycles. The van der Waals surface area contributed by atoms with Crippen molar-refractivity contribution in [1.82, 2.24) is 15.1 Å². The first-order chi connectivity index (χ1) is 14.2. The monoisotopic (exact) mass is 399 g/mol. The Morgan fingerprint density at radius 1 is 1.14 bits per heavy atom. The van der Waals surface area contributed by atoms with Crippen molar-refractivity contribution in [3.63, 3.8) is 0 Å². The maximum atomic E-state index is 6.06. The van der Waals surface area contributed by atoms with E-state index in [9.17, 15) is 0 Å². The molecular formula is C22H33N5O2. The number of furan rings is 1. The lowest BCUT2D eigenvalue weighted by Gasteiger charge is -2.26. The first kappa shape index (κ1) is 21.4. The van der Waals surface area contributed by atoms with Crippen molar-refractivity contribution in [2.45, 2.75) is 26.1 Å². The topological polar surface area (TPSA) is 79.3 Å². The average Bonchev–Trinajstić information content (AvgIpc) is 3.24. The third-order valence-electron chi connectivity index (χ3n) is 5.05. The number of hydrogen-bond acceptors (Lipinski definition) is 5. The summed E-state index contributed by atoms with van der Waals surface area (Å²) in [4.78, 5) is 9.19. The fourth-order valence-electron chi connectivity index (χ4n) is 3.45. The molecule has 0 aliphatic carbocycles. The van der Waals surface area contributed by atoms with Gasteiger partial charge < -0.3 is 20.2 Å². The van der Waals surface area contributed by atoms with Crippen LogP contribution in [0.4, 0.5) is 0 Å². The van der Waals surface area contributed by atoms with Gasteiger partial charge in [0.1, 0.15) is 5.76 Å². The van der Waals surface area contributed by atoms with Gasteiger partial charge in [0.25, 0.3) is 0 Å². The molecule has 1 aromatic carbocycles. The van der Waals surface area contributed by atoms with Crippen LogP contribution >= 0.6 is 0 Å². The van der Waals surface area contributed by atoms with Crippen LogP contribution in [0.1, 0.15) is 23.3 Å². The Morgan fingerprint density at radius 2 is 1.93 bits per heavy atom. The summed E-state index contributed by atoms with van der Waals surface area (Å²) in [5, 5.41) is 3.23. The molecule has 0 amide bonds. The molecule has 0 saturated carbocycles. The van der Waals surface area contributed by atoms with Crippen LogP contribution < -0.4 is 11.1 Å². The van der Waals surface area contributed by atoms with Crippen LogP contribution in [0.3, 0.4) is 0 Å². The van der Waals surface area contributed by atoms with E-state index in [2.05, 4.69) is 45.4 Å². The lowest BCUT2D eigenvalue weighted by atomic mass is 10.1. The molecule has 0 atom stereocenters. The summed E-state index contributed by atoms with van der Waals surface area (Å²) in [5.74, 6) is 1.47. The number of benzene rings is 1. The van der Waals surface area contributed by atoms with Gasteiger partial charge in [-0.2, -0.15) is 0 Å². The van der Waals surface area contributed by atoms with Gasteiger partial charge in [0, 0.05) is 26.2 Å². The van der Waals surface area contributed by atoms with Gasteiger partial charge in [-0.3, -0.25) is 9.80 Å². The van der Waals surface area contributed by atoms with E-state index >= 15 is 0 Å². The Balaban J connectivity index is 1.42. The Morgan fingerprint density at radius 3 is 2.69 bits per heavy atom. The minimum absolute atomic E-state index is 0.505. The summed E-state index contributed by atoms with van der Waals surface area (Å²) in [7, 11) is 2.09. The standard InChI is InChI=1S/C22H33N5O2/c1-26(18-21-8-4-13-29-21)17-20-7-3-2-6-19(20)16-25-22(23)24-9-5-10-27-11-14-28-15-12-27/h2-4,6-8,13H,5,9-12,14-18H2,1H3,(H3,23,24,25). The van der Waals surface area contributed by atoms with Crippen molar-refractivity contribution < 1.29 is 9.15 Å². The van der Waals surface area contributed by atoms with Crippen molar-refractivity contribution >= 4 is 5.96 Å². The van der Waals surface area contributed by atoms with E-state index in [1.807, 2.05) is 18.2 Å². The van der Waals surface area contributed by atoms with E-state index in [1.165, 1.54) is 11.1 Å². The van der Waals surface area contributed by atoms with E-state index in [4.69, 9.17) is 14.9 Å². The zero-order valence-electron chi connectivity index (χ0n) is 17.3. The van der Waals surface area contributed by atoms with Crippen LogP contribution in [0, 0.1) is 0 Å². The maximum Gasteiger partial charge on any atom is 0.188 e. The minimum atomic E-state index is 0.505. The summed E-state index contributed by atoms with van der Waals surface area (Å²) >= 11 is 0. The highest BCUT2D eigenvalue weighted by Crippen LogP contribution is 2.14. The second kappa shape index (κ2) is 11.6. The van der Waals surface area contributed by atoms with Gasteiger partial charge in [-0.1, -0.05) is 24.3 Å². The van der Waals surface area contributed by atoms with Crippen LogP contribution in [0.5, 0.6) is 0 Å². The van der Waals surface area contributed by atoms with Crippen molar-refractivity contribution in [2.24, 2.45) is 10.7 Å². The number of aliphatic imine (C=N–C) groups is 1. The molecule has 0 radical (unpaired) electrons. The van der Waals surface area contributed by atoms with Crippen LogP contribution in [0.25, 0.3) is 0 Å². The molecule has 158 valence electrons. The molecule has 3 rings (SSSR count). The molecule has 1 saturated heterocycles. The summed E-state index contributed by atoms with van der Waals surface area (Å²) in [6, 6.07) is 12.3. The summed E-state index contributed by atoms with van der Waals surface area (Å²) in [6.45, 7) is 7.81. The number of ether oxygens (including phenoxy) is 1. The van der Waals surface area contributed by atoms with Gasteiger partial charge in [-0.15, -0.1) is 0 Å². The van der Waals surface area contributed by atoms with Gasteiger partial charge in [0.15, 0.2) is 5.96 Å². The third-order valence-corrected chi connectivity index (χ3v) is 5.05. The van der Waals surface area contributed by atoms with E-state index in [0.717, 1.165) is 64.7 Å². The first-order valence-corrected chi connectivity index (χ1v) is 10.3. The fourth-order valence-corrected chi connectivity index (χ4v) is 3.45. The minimum Gasteiger partial charge on any atom is -0.468 e. The molecule has 7 nitrogen and oxygen atoms in total. The molecule has 3 N–H and O–H groups in total. The molecule has 29 heavy (non-hydrogen) atoms. The molecule has 2 aromatic rings. The Hall–Kier alpha value is -2.35. The van der Waals surface area contributed by atoms with Crippen LogP contribution in [0.15, 0.2) is 52.1 Å². The van der Waals surface area contributed by atoms with Crippen molar-refractivity contribution in [3.8, 4) is 0 Å². The number of guanidine groups is 1. The smallest absolute Gasteiger partial charge is 0.188 e. The zero-order chi connectivity index (χ0) is 20.3. The molecule has 0 bridgehead atoms. The third kappa shape index (κ3) is 7.53. The van der Waals surface area contributed by atoms with Crippen molar-refractivity contribution in [1.29, 1.82) is 0 Å². The molecule has 7 heteroatoms. The molecule has 1 aliphatic rings. The van der Waals surface area contributed by atoms with Crippen molar-refractivity contribution in [2.75, 3.05) is 46.4 Å². The molecular weight excluding hydrogens is 366 g/mol. The average molecular weight is 400 g/mol. The predicted octanol–water partition coefficient (Wildman–Crippen LogP) is 2.04. The number of hydrogen-bond donors (Lipinski definition) is 2. The fraction of sp³-hybridized carbons (Fsp3) is 0.500. The van der Waals surface area contributed by atoms with Crippen LogP contribution in [-0.4, -0.2) is 62.2 Å². The summed E-state index contributed by atoms with van der Waals surface area (Å²) in [5.41, 5.74) is 8.51. The van der Waals surface area contributed by atoms with Crippen molar-refractivity contribution in [3.05, 3.63) is 59.5 Å². The SMILES string of the molecule is CN(Cc1ccco1)Cc1ccccc1CN=C(N)NCCCN1CCOCC1. The highest BCUT2D eigenvalue weighted by atomic mass is 16.5. The van der Waals surface area contributed by atoms with Crippen LogP contribution in [0.2, 0.25) is 0 Å². The lowest BCUT2D eigenvalue weighted by molar-refractivity contribution is 0.0376. The van der Waals surface area contributed by atoms with Gasteiger partial charge in [-0.05, 0) is 43.3 Å². The van der Waals surface area contributed by atoms with E-state index in [0.29, 0.717) is 12.5 Å². The Labute approximate surface area is 173 Å². The molecule has 1 aliphatic heterocycles. The summed E-state index contributed by atoms with van der Waals surface area (Å²) < 4.78 is 10.8. The molecule has 1 aromatic heterocycles. The highest BCUT2D eigenvalue weighted by molar-refractivity contribution is 5.77. The van der Waals surface area contributed by atoms with Gasteiger partial charge in [-0.25, -0.2) is 4.99 Å². The van der Waals surface area contributed by atoms with E-state index < -0.39 is 0 Å². The zero-order valence-corrected chi connectivity index (χ0v) is 17.3. The molecule has 0 unspecified atom stereocenters. The number of nitrogens with two attached hydrogens (primary N) is 1. The molecule has 0 spiro atoms. The Bertz CT molecular complexity index is 741. The number of nitrogens with one attached hydrogen (secondary N) is 1. The van der Waals surface area contributed by atoms with E-state index in [1.54, 1.807) is 6.26 Å². The number of nitrogens with zero attached hydrogens (tertiary/aromatic N) is 3. The Kier molecular flexibility index (Phi) is 8.55. The number of morpholine rings is 1. The largest absolute Gasteiger partial charge is 0.468 e. The molecule has 1 fully saturated rings. The maximum absolute atomic E-state index is 6.06. The van der Waals surface area contributed by atoms with Gasteiger partial charge in [0.2, 0.25) is 0 Å². The second-order valence-corrected chi connectivity index (χ2v) is 7.46. The quantitative estimate of drug-likeness (QED) is 0.362. The highest BCUT2D eigenvalue weighted by Gasteiger charge is 2.09. The second-order valence-electron chi connectivity index (χ2n) is 7.46. The first-order valence-electron chi connectivity index (χ1n) is 10.3. The van der Waals surface area contributed by atoms with Gasteiger partial charge >= 0.3 is 0 Å². The predicted molar refractivity (Wildman–Crippen MR) is 116 cm³/mol. The summed E-state index contributed by atoms with van der Waals surface area (Å²) in [6.07, 6.45) is 2.76. The van der Waals surface area contributed by atoms with E-state index in [-0.39, 0.29) is 0 Å². The van der Waals surface area contributed by atoms with Gasteiger partial charge in [0.05, 0.1) is 32.6 Å². The number of rotatable bonds is 10. The van der Waals surface area contributed by atoms with Crippen LogP contribution in [-0.2, 0) is 24.4 Å². The lowest BCUT2D eigenvalue weighted by Crippen LogP contribution is -2.39. The normalized spacial score (nSPS) is 15.7.